The molecule has 0 spiro atoms. The van der Waals surface area contributed by atoms with Crippen LogP contribution in [0.15, 0.2) is 63.5 Å². The minimum Gasteiger partial charge on any atom is -0.494 e. The van der Waals surface area contributed by atoms with Crippen molar-refractivity contribution in [3.63, 3.8) is 0 Å². The quantitative estimate of drug-likeness (QED) is 0.158. The molecule has 4 aromatic rings. The van der Waals surface area contributed by atoms with Gasteiger partial charge in [-0.15, -0.1) is 21.5 Å². The lowest BCUT2D eigenvalue weighted by Crippen LogP contribution is -2.14. The molecule has 0 atom stereocenters. The van der Waals surface area contributed by atoms with Gasteiger partial charge in [-0.2, -0.15) is 0 Å². The van der Waals surface area contributed by atoms with E-state index in [9.17, 15) is 4.79 Å². The fourth-order valence-electron chi connectivity index (χ4n) is 3.30. The average molecular weight is 573 g/mol. The van der Waals surface area contributed by atoms with Crippen LogP contribution in [0, 0.1) is 0 Å². The summed E-state index contributed by atoms with van der Waals surface area (Å²) in [5.41, 5.74) is 2.80. The lowest BCUT2D eigenvalue weighted by molar-refractivity contribution is -0.113. The second kappa shape index (κ2) is 12.3. The standard InChI is InChI=1S/C25H26BrN5O2S2/c1-3-5-14-33-20-12-8-18(9-13-20)23-29-30-25(31(23)4-2)35-16-22(32)28-24-27-21(15-34-24)17-6-10-19(26)11-7-17/h6-13,15H,3-5,14,16H2,1-2H3,(H,27,28,32). The summed E-state index contributed by atoms with van der Waals surface area (Å²) in [6.07, 6.45) is 2.14. The van der Waals surface area contributed by atoms with E-state index in [-0.39, 0.29) is 11.7 Å². The van der Waals surface area contributed by atoms with E-state index in [1.165, 1.54) is 23.1 Å². The number of benzene rings is 2. The fraction of sp³-hybridized carbons (Fsp3) is 0.280. The van der Waals surface area contributed by atoms with Gasteiger partial charge in [0.25, 0.3) is 0 Å². The van der Waals surface area contributed by atoms with Gasteiger partial charge in [-0.3, -0.25) is 4.79 Å². The number of halogens is 1. The van der Waals surface area contributed by atoms with Crippen molar-refractivity contribution >= 4 is 50.1 Å². The van der Waals surface area contributed by atoms with Crippen molar-refractivity contribution < 1.29 is 9.53 Å². The molecule has 0 aliphatic rings. The number of amides is 1. The lowest BCUT2D eigenvalue weighted by Gasteiger charge is -2.09. The molecule has 182 valence electrons. The number of thioether (sulfide) groups is 1. The first-order valence-corrected chi connectivity index (χ1v) is 14.0. The molecule has 0 saturated carbocycles. The second-order valence-corrected chi connectivity index (χ2v) is 10.4. The van der Waals surface area contributed by atoms with Gasteiger partial charge in [-0.05, 0) is 49.7 Å². The average Bonchev–Trinajstić information content (AvgIpc) is 3.50. The van der Waals surface area contributed by atoms with Gasteiger partial charge < -0.3 is 14.6 Å². The van der Waals surface area contributed by atoms with E-state index in [1.807, 2.05) is 65.4 Å². The zero-order chi connectivity index (χ0) is 24.6. The third kappa shape index (κ3) is 6.71. The number of ether oxygens (including phenoxy) is 1. The maximum absolute atomic E-state index is 12.6. The van der Waals surface area contributed by atoms with Crippen LogP contribution in [-0.4, -0.2) is 38.0 Å². The van der Waals surface area contributed by atoms with Crippen LogP contribution in [0.2, 0.25) is 0 Å². The predicted octanol–water partition coefficient (Wildman–Crippen LogP) is 6.76. The summed E-state index contributed by atoms with van der Waals surface area (Å²) in [6, 6.07) is 15.8. The van der Waals surface area contributed by atoms with E-state index in [0.717, 1.165) is 52.3 Å². The Hall–Kier alpha value is -2.69. The Morgan fingerprint density at radius 1 is 1.09 bits per heavy atom. The number of hydrogen-bond donors (Lipinski definition) is 1. The highest BCUT2D eigenvalue weighted by molar-refractivity contribution is 9.10. The van der Waals surface area contributed by atoms with Crippen molar-refractivity contribution in [2.24, 2.45) is 0 Å². The molecule has 0 saturated heterocycles. The lowest BCUT2D eigenvalue weighted by atomic mass is 10.2. The molecular formula is C25H26BrN5O2S2. The van der Waals surface area contributed by atoms with Gasteiger partial charge in [-0.25, -0.2) is 4.98 Å². The van der Waals surface area contributed by atoms with Crippen LogP contribution >= 0.6 is 39.0 Å². The van der Waals surface area contributed by atoms with Gasteiger partial charge in [0.1, 0.15) is 5.75 Å². The van der Waals surface area contributed by atoms with Gasteiger partial charge in [0.05, 0.1) is 18.1 Å². The summed E-state index contributed by atoms with van der Waals surface area (Å²) in [6.45, 7) is 5.60. The molecule has 0 aliphatic heterocycles. The highest BCUT2D eigenvalue weighted by Gasteiger charge is 2.16. The summed E-state index contributed by atoms with van der Waals surface area (Å²) in [5, 5.41) is 14.8. The van der Waals surface area contributed by atoms with Gasteiger partial charge in [-0.1, -0.05) is 53.2 Å². The van der Waals surface area contributed by atoms with E-state index in [2.05, 4.69) is 43.4 Å². The predicted molar refractivity (Wildman–Crippen MR) is 146 cm³/mol. The van der Waals surface area contributed by atoms with Gasteiger partial charge in [0.15, 0.2) is 16.1 Å². The third-order valence-corrected chi connectivity index (χ3v) is 7.39. The molecule has 10 heteroatoms. The van der Waals surface area contributed by atoms with Crippen LogP contribution in [-0.2, 0) is 11.3 Å². The number of anilines is 1. The summed E-state index contributed by atoms with van der Waals surface area (Å²) in [7, 11) is 0. The van der Waals surface area contributed by atoms with Crippen LogP contribution in [0.4, 0.5) is 5.13 Å². The van der Waals surface area contributed by atoms with Crippen molar-refractivity contribution in [2.75, 3.05) is 17.7 Å². The number of nitrogens with zero attached hydrogens (tertiary/aromatic N) is 4. The molecule has 2 aromatic heterocycles. The third-order valence-electron chi connectivity index (χ3n) is 5.14. The van der Waals surface area contributed by atoms with E-state index in [4.69, 9.17) is 4.74 Å². The Balaban J connectivity index is 1.35. The Morgan fingerprint density at radius 2 is 1.83 bits per heavy atom. The number of nitrogens with one attached hydrogen (secondary N) is 1. The molecule has 7 nitrogen and oxygen atoms in total. The topological polar surface area (TPSA) is 81.9 Å². The van der Waals surface area contributed by atoms with Crippen LogP contribution in [0.25, 0.3) is 22.6 Å². The molecule has 0 aliphatic carbocycles. The normalized spacial score (nSPS) is 10.9. The molecule has 0 fully saturated rings. The molecule has 35 heavy (non-hydrogen) atoms. The summed E-state index contributed by atoms with van der Waals surface area (Å²) < 4.78 is 8.77. The molecular weight excluding hydrogens is 546 g/mol. The van der Waals surface area contributed by atoms with E-state index in [1.54, 1.807) is 0 Å². The molecule has 0 radical (unpaired) electrons. The second-order valence-electron chi connectivity index (χ2n) is 7.66. The molecule has 0 unspecified atom stereocenters. The Kier molecular flexibility index (Phi) is 8.95. The minimum atomic E-state index is -0.132. The Bertz CT molecular complexity index is 1260. The number of carbonyl (C=O) groups is 1. The number of rotatable bonds is 11. The summed E-state index contributed by atoms with van der Waals surface area (Å²) in [5.74, 6) is 1.71. The van der Waals surface area contributed by atoms with Crippen LogP contribution in [0.3, 0.4) is 0 Å². The summed E-state index contributed by atoms with van der Waals surface area (Å²) in [4.78, 5) is 17.1. The highest BCUT2D eigenvalue weighted by atomic mass is 79.9. The zero-order valence-electron chi connectivity index (χ0n) is 19.5. The molecule has 4 rings (SSSR count). The Labute approximate surface area is 221 Å². The van der Waals surface area contributed by atoms with Gasteiger partial charge >= 0.3 is 0 Å². The first-order chi connectivity index (χ1) is 17.1. The molecule has 2 aromatic carbocycles. The molecule has 0 bridgehead atoms. The SMILES string of the molecule is CCCCOc1ccc(-c2nnc(SCC(=O)Nc3nc(-c4ccc(Br)cc4)cs3)n2CC)cc1. The van der Waals surface area contributed by atoms with Crippen molar-refractivity contribution in [3.8, 4) is 28.4 Å². The largest absolute Gasteiger partial charge is 0.494 e. The van der Waals surface area contributed by atoms with Crippen LogP contribution in [0.1, 0.15) is 26.7 Å². The van der Waals surface area contributed by atoms with E-state index < -0.39 is 0 Å². The van der Waals surface area contributed by atoms with Crippen LogP contribution in [0.5, 0.6) is 5.75 Å². The molecule has 1 amide bonds. The Morgan fingerprint density at radius 3 is 2.54 bits per heavy atom. The maximum Gasteiger partial charge on any atom is 0.236 e. The minimum absolute atomic E-state index is 0.132. The monoisotopic (exact) mass is 571 g/mol. The van der Waals surface area contributed by atoms with E-state index >= 15 is 0 Å². The number of unbranched alkanes of at least 4 members (excludes halogenated alkanes) is 1. The number of thiazole rings is 1. The van der Waals surface area contributed by atoms with E-state index in [0.29, 0.717) is 16.8 Å². The highest BCUT2D eigenvalue weighted by Crippen LogP contribution is 2.28. The van der Waals surface area contributed by atoms with Crippen molar-refractivity contribution in [3.05, 3.63) is 58.4 Å². The fourth-order valence-corrected chi connectivity index (χ4v) is 5.10. The van der Waals surface area contributed by atoms with Crippen molar-refractivity contribution in [1.82, 2.24) is 19.7 Å². The maximum atomic E-state index is 12.6. The number of aromatic nitrogens is 4. The van der Waals surface area contributed by atoms with Crippen LogP contribution < -0.4 is 10.1 Å². The first kappa shape index (κ1) is 25.4. The summed E-state index contributed by atoms with van der Waals surface area (Å²) >= 11 is 6.20. The molecule has 1 N–H and O–H groups in total. The zero-order valence-corrected chi connectivity index (χ0v) is 22.8. The number of carbonyl (C=O) groups excluding carboxylic acids is 1. The molecule has 2 heterocycles. The smallest absolute Gasteiger partial charge is 0.236 e. The van der Waals surface area contributed by atoms with Gasteiger partial charge in [0, 0.05) is 27.5 Å². The van der Waals surface area contributed by atoms with Crippen molar-refractivity contribution in [2.45, 2.75) is 38.4 Å². The van der Waals surface area contributed by atoms with Crippen molar-refractivity contribution in [1.29, 1.82) is 0 Å². The first-order valence-electron chi connectivity index (χ1n) is 11.4. The van der Waals surface area contributed by atoms with Gasteiger partial charge in [0.2, 0.25) is 5.91 Å². The number of hydrogen-bond acceptors (Lipinski definition) is 7.